The van der Waals surface area contributed by atoms with Gasteiger partial charge in [-0.1, -0.05) is 0 Å². The number of anilines is 1. The molecule has 0 bridgehead atoms. The van der Waals surface area contributed by atoms with E-state index in [1.54, 1.807) is 7.11 Å². The Labute approximate surface area is 87.2 Å². The Bertz CT molecular complexity index is 285. The van der Waals surface area contributed by atoms with Crippen LogP contribution in [-0.2, 0) is 4.74 Å². The maximum absolute atomic E-state index is 13.0. The molecule has 1 N–H and O–H groups in total. The van der Waals surface area contributed by atoms with Gasteiger partial charge in [0, 0.05) is 19.9 Å². The highest BCUT2D eigenvalue weighted by atomic mass is 35.5. The van der Waals surface area contributed by atoms with Crippen molar-refractivity contribution in [3.63, 3.8) is 0 Å². The summed E-state index contributed by atoms with van der Waals surface area (Å²) >= 11 is 5.85. The molecule has 1 aromatic rings. The molecule has 1 heterocycles. The zero-order valence-corrected chi connectivity index (χ0v) is 8.59. The second kappa shape index (κ2) is 5.78. The first-order chi connectivity index (χ1) is 6.74. The molecule has 3 nitrogen and oxygen atoms in total. The third-order valence-corrected chi connectivity index (χ3v) is 1.88. The fourth-order valence-electron chi connectivity index (χ4n) is 0.963. The fourth-order valence-corrected chi connectivity index (χ4v) is 1.17. The van der Waals surface area contributed by atoms with E-state index < -0.39 is 0 Å². The van der Waals surface area contributed by atoms with Crippen molar-refractivity contribution in [1.29, 1.82) is 0 Å². The van der Waals surface area contributed by atoms with Crippen LogP contribution in [0.1, 0.15) is 0 Å². The molecule has 0 saturated carbocycles. The van der Waals surface area contributed by atoms with Crippen molar-refractivity contribution >= 4 is 17.4 Å². The molecular weight excluding hydrogens is 207 g/mol. The maximum Gasteiger partial charge on any atom is 0.165 e. The Morgan fingerprint density at radius 1 is 1.71 bits per heavy atom. The van der Waals surface area contributed by atoms with Crippen LogP contribution in [0, 0.1) is 5.82 Å². The average Bonchev–Trinajstić information content (AvgIpc) is 2.17. The van der Waals surface area contributed by atoms with Crippen molar-refractivity contribution < 1.29 is 9.13 Å². The standard InChI is InChI=1S/C9H12ClFN2O/c1-14-6-7(10)5-13-9-8(11)3-2-4-12-9/h2-4,7H,5-6H2,1H3,(H,12,13). The number of hydrogen-bond donors (Lipinski definition) is 1. The zero-order valence-electron chi connectivity index (χ0n) is 7.84. The molecule has 0 radical (unpaired) electrons. The minimum Gasteiger partial charge on any atom is -0.383 e. The Kier molecular flexibility index (Phi) is 4.62. The van der Waals surface area contributed by atoms with Gasteiger partial charge in [0.15, 0.2) is 11.6 Å². The van der Waals surface area contributed by atoms with E-state index in [0.29, 0.717) is 13.2 Å². The number of alkyl halides is 1. The van der Waals surface area contributed by atoms with Crippen LogP contribution < -0.4 is 5.32 Å². The van der Waals surface area contributed by atoms with E-state index in [2.05, 4.69) is 10.3 Å². The molecular formula is C9H12ClFN2O. The molecule has 0 spiro atoms. The van der Waals surface area contributed by atoms with Gasteiger partial charge in [0.1, 0.15) is 0 Å². The lowest BCUT2D eigenvalue weighted by Gasteiger charge is -2.10. The molecule has 0 aliphatic heterocycles. The first-order valence-corrected chi connectivity index (χ1v) is 4.65. The number of aromatic nitrogens is 1. The van der Waals surface area contributed by atoms with Crippen LogP contribution in [0.15, 0.2) is 18.3 Å². The van der Waals surface area contributed by atoms with Crippen molar-refractivity contribution in [2.75, 3.05) is 25.6 Å². The first-order valence-electron chi connectivity index (χ1n) is 4.21. The molecule has 1 atom stereocenters. The van der Waals surface area contributed by atoms with Gasteiger partial charge in [-0.2, -0.15) is 0 Å². The number of methoxy groups -OCH3 is 1. The summed E-state index contributed by atoms with van der Waals surface area (Å²) in [5, 5.41) is 2.61. The van der Waals surface area contributed by atoms with Crippen molar-refractivity contribution in [2.45, 2.75) is 5.38 Å². The largest absolute Gasteiger partial charge is 0.383 e. The Morgan fingerprint density at radius 2 is 2.50 bits per heavy atom. The van der Waals surface area contributed by atoms with Crippen LogP contribution in [0.4, 0.5) is 10.2 Å². The number of hydrogen-bond acceptors (Lipinski definition) is 3. The van der Waals surface area contributed by atoms with Crippen LogP contribution in [0.25, 0.3) is 0 Å². The summed E-state index contributed by atoms with van der Waals surface area (Å²) < 4.78 is 17.9. The van der Waals surface area contributed by atoms with Crippen LogP contribution in [0.2, 0.25) is 0 Å². The van der Waals surface area contributed by atoms with Crippen molar-refractivity contribution in [1.82, 2.24) is 4.98 Å². The van der Waals surface area contributed by atoms with Crippen molar-refractivity contribution in [2.24, 2.45) is 0 Å². The number of halogens is 2. The predicted octanol–water partition coefficient (Wildman–Crippen LogP) is 1.89. The normalized spacial score (nSPS) is 12.5. The summed E-state index contributed by atoms with van der Waals surface area (Å²) in [6.45, 7) is 0.840. The van der Waals surface area contributed by atoms with E-state index in [0.717, 1.165) is 0 Å². The number of nitrogens with one attached hydrogen (secondary N) is 1. The molecule has 1 unspecified atom stereocenters. The minimum atomic E-state index is -0.381. The van der Waals surface area contributed by atoms with Crippen molar-refractivity contribution in [3.05, 3.63) is 24.1 Å². The summed E-state index contributed by atoms with van der Waals surface area (Å²) in [7, 11) is 1.57. The second-order valence-electron chi connectivity index (χ2n) is 2.77. The molecule has 0 aliphatic rings. The zero-order chi connectivity index (χ0) is 10.4. The summed E-state index contributed by atoms with van der Waals surface area (Å²) in [6, 6.07) is 2.88. The molecule has 0 fully saturated rings. The molecule has 0 aliphatic carbocycles. The molecule has 5 heteroatoms. The Hall–Kier alpha value is -0.870. The first kappa shape index (κ1) is 11.2. The highest BCUT2D eigenvalue weighted by Crippen LogP contribution is 2.09. The van der Waals surface area contributed by atoms with E-state index in [1.807, 2.05) is 0 Å². The van der Waals surface area contributed by atoms with Crippen LogP contribution in [-0.4, -0.2) is 30.6 Å². The van der Waals surface area contributed by atoms with E-state index in [9.17, 15) is 4.39 Å². The van der Waals surface area contributed by atoms with Gasteiger partial charge in [0.05, 0.1) is 12.0 Å². The molecule has 0 aromatic carbocycles. The van der Waals surface area contributed by atoms with Crippen LogP contribution in [0.5, 0.6) is 0 Å². The van der Waals surface area contributed by atoms with Gasteiger partial charge < -0.3 is 10.1 Å². The smallest absolute Gasteiger partial charge is 0.165 e. The maximum atomic E-state index is 13.0. The van der Waals surface area contributed by atoms with E-state index in [1.165, 1.54) is 18.3 Å². The average molecular weight is 219 g/mol. The summed E-state index contributed by atoms with van der Waals surface area (Å²) in [4.78, 5) is 3.82. The number of ether oxygens (including phenoxy) is 1. The molecule has 0 saturated heterocycles. The van der Waals surface area contributed by atoms with Gasteiger partial charge >= 0.3 is 0 Å². The third-order valence-electron chi connectivity index (χ3n) is 1.60. The summed E-state index contributed by atoms with van der Waals surface area (Å²) in [5.41, 5.74) is 0. The van der Waals surface area contributed by atoms with Gasteiger partial charge in [-0.05, 0) is 12.1 Å². The predicted molar refractivity (Wildman–Crippen MR) is 54.2 cm³/mol. The highest BCUT2D eigenvalue weighted by molar-refractivity contribution is 6.21. The lowest BCUT2D eigenvalue weighted by atomic mass is 10.4. The van der Waals surface area contributed by atoms with Gasteiger partial charge in [-0.25, -0.2) is 9.37 Å². The SMILES string of the molecule is COCC(Cl)CNc1ncccc1F. The summed E-state index contributed by atoms with van der Waals surface area (Å²) in [5.74, 6) is -0.164. The van der Waals surface area contributed by atoms with Gasteiger partial charge in [-0.3, -0.25) is 0 Å². The number of rotatable bonds is 5. The Morgan fingerprint density at radius 3 is 3.14 bits per heavy atom. The second-order valence-corrected chi connectivity index (χ2v) is 3.38. The fraction of sp³-hybridized carbons (Fsp3) is 0.444. The highest BCUT2D eigenvalue weighted by Gasteiger charge is 2.06. The topological polar surface area (TPSA) is 34.1 Å². The number of pyridine rings is 1. The molecule has 1 rings (SSSR count). The molecule has 0 amide bonds. The van der Waals surface area contributed by atoms with Crippen molar-refractivity contribution in [3.8, 4) is 0 Å². The lowest BCUT2D eigenvalue weighted by molar-refractivity contribution is 0.200. The van der Waals surface area contributed by atoms with Crippen LogP contribution in [0.3, 0.4) is 0 Å². The van der Waals surface area contributed by atoms with Crippen LogP contribution >= 0.6 is 11.6 Å². The minimum absolute atomic E-state index is 0.193. The molecule has 78 valence electrons. The molecule has 1 aromatic heterocycles. The van der Waals surface area contributed by atoms with E-state index >= 15 is 0 Å². The quantitative estimate of drug-likeness (QED) is 0.767. The van der Waals surface area contributed by atoms with Gasteiger partial charge in [0.25, 0.3) is 0 Å². The van der Waals surface area contributed by atoms with E-state index in [4.69, 9.17) is 16.3 Å². The van der Waals surface area contributed by atoms with Gasteiger partial charge in [0.2, 0.25) is 0 Å². The van der Waals surface area contributed by atoms with E-state index in [-0.39, 0.29) is 17.0 Å². The van der Waals surface area contributed by atoms with Gasteiger partial charge in [-0.15, -0.1) is 11.6 Å². The summed E-state index contributed by atoms with van der Waals surface area (Å²) in [6.07, 6.45) is 1.52. The number of nitrogens with zero attached hydrogens (tertiary/aromatic N) is 1. The molecule has 14 heavy (non-hydrogen) atoms. The Balaban J connectivity index is 2.41. The monoisotopic (exact) mass is 218 g/mol. The lowest BCUT2D eigenvalue weighted by Crippen LogP contribution is -2.20. The third kappa shape index (κ3) is 3.47.